The summed E-state index contributed by atoms with van der Waals surface area (Å²) in [6.07, 6.45) is 2.00. The molecule has 1 aliphatic heterocycles. The highest BCUT2D eigenvalue weighted by atomic mass is 35.5. The van der Waals surface area contributed by atoms with Gasteiger partial charge < -0.3 is 20.4 Å². The molecule has 0 spiro atoms. The molecule has 2 aromatic rings. The van der Waals surface area contributed by atoms with Crippen molar-refractivity contribution in [3.63, 3.8) is 0 Å². The van der Waals surface area contributed by atoms with Gasteiger partial charge in [0.25, 0.3) is 0 Å². The maximum absolute atomic E-state index is 11.7. The third-order valence-corrected chi connectivity index (χ3v) is 9.97. The van der Waals surface area contributed by atoms with Crippen LogP contribution in [-0.2, 0) is 11.3 Å². The molecule has 3 fully saturated rings. The van der Waals surface area contributed by atoms with Crippen LogP contribution in [0.5, 0.6) is 11.8 Å². The molecular formula is C27H34Cl2N4O3. The maximum Gasteiger partial charge on any atom is 0.217 e. The largest absolute Gasteiger partial charge is 0.494 e. The number of carbonyl (C=O) groups is 1. The number of aromatic nitrogens is 1. The zero-order chi connectivity index (χ0) is 25.3. The van der Waals surface area contributed by atoms with Crippen LogP contribution in [0, 0.1) is 17.8 Å². The Kier molecular flexibility index (Phi) is 6.09. The molecular weight excluding hydrogens is 499 g/mol. The van der Waals surface area contributed by atoms with E-state index in [1.165, 1.54) is 0 Å². The smallest absolute Gasteiger partial charge is 0.217 e. The molecule has 4 unspecified atom stereocenters. The molecule has 9 heteroatoms. The maximum atomic E-state index is 11.7. The van der Waals surface area contributed by atoms with E-state index in [0.29, 0.717) is 28.4 Å². The van der Waals surface area contributed by atoms with E-state index in [0.717, 1.165) is 62.4 Å². The predicted molar refractivity (Wildman–Crippen MR) is 141 cm³/mol. The van der Waals surface area contributed by atoms with Crippen molar-refractivity contribution >= 4 is 34.8 Å². The van der Waals surface area contributed by atoms with E-state index < -0.39 is 0 Å². The normalized spacial score (nSPS) is 31.1. The van der Waals surface area contributed by atoms with E-state index in [4.69, 9.17) is 23.2 Å². The van der Waals surface area contributed by atoms with Crippen molar-refractivity contribution in [1.29, 1.82) is 0 Å². The highest BCUT2D eigenvalue weighted by Gasteiger charge is 2.54. The number of benzene rings is 1. The number of halogens is 2. The van der Waals surface area contributed by atoms with Gasteiger partial charge in [0.05, 0.1) is 15.7 Å². The molecule has 2 heterocycles. The van der Waals surface area contributed by atoms with Crippen molar-refractivity contribution in [2.75, 3.05) is 37.6 Å². The second-order valence-electron chi connectivity index (χ2n) is 11.2. The van der Waals surface area contributed by atoms with Gasteiger partial charge in [0.15, 0.2) is 11.8 Å². The SMILES string of the molecule is CC(=O)NC1C2CC(c3c2c(O)n(C[C@H]2C[C@@H]2CN2CCN(c4cccc(Cl)c4Cl)CC2)c3O)C1C. The summed E-state index contributed by atoms with van der Waals surface area (Å²) in [7, 11) is 0. The summed E-state index contributed by atoms with van der Waals surface area (Å²) in [5.74, 6) is 1.95. The van der Waals surface area contributed by atoms with Crippen molar-refractivity contribution in [1.82, 2.24) is 14.8 Å². The second kappa shape index (κ2) is 9.03. The molecule has 3 N–H and O–H groups in total. The summed E-state index contributed by atoms with van der Waals surface area (Å²) >= 11 is 12.6. The fourth-order valence-corrected chi connectivity index (χ4v) is 7.58. The molecule has 4 aliphatic rings. The van der Waals surface area contributed by atoms with Gasteiger partial charge in [-0.2, -0.15) is 0 Å². The zero-order valence-electron chi connectivity index (χ0n) is 20.8. The van der Waals surface area contributed by atoms with Crippen LogP contribution in [0.15, 0.2) is 18.2 Å². The van der Waals surface area contributed by atoms with Gasteiger partial charge in [-0.1, -0.05) is 36.2 Å². The lowest BCUT2D eigenvalue weighted by atomic mass is 9.82. The average Bonchev–Trinajstić information content (AvgIpc) is 3.23. The molecule has 6 rings (SSSR count). The standard InChI is InChI=1S/C27H34Cl2N4O3/c1-14-18-11-19(25(14)30-15(2)34)23-22(18)26(35)33(27(23)36)13-17-10-16(17)12-31-6-8-32(9-7-31)21-5-3-4-20(28)24(21)29/h3-5,14,16-19,25,35-36H,6-13H2,1-2H3,(H,30,34)/t14?,16-,17-,18?,19?,25?/m1/s1. The fourth-order valence-electron chi connectivity index (χ4n) is 7.16. The minimum atomic E-state index is -0.0404. The Morgan fingerprint density at radius 2 is 1.67 bits per heavy atom. The molecule has 1 saturated heterocycles. The van der Waals surface area contributed by atoms with E-state index >= 15 is 0 Å². The number of hydrogen-bond donors (Lipinski definition) is 3. The molecule has 2 saturated carbocycles. The predicted octanol–water partition coefficient (Wildman–Crippen LogP) is 4.39. The quantitative estimate of drug-likeness (QED) is 0.514. The van der Waals surface area contributed by atoms with Gasteiger partial charge in [0.1, 0.15) is 0 Å². The summed E-state index contributed by atoms with van der Waals surface area (Å²) in [4.78, 5) is 16.5. The lowest BCUT2D eigenvalue weighted by Crippen LogP contribution is -2.47. The van der Waals surface area contributed by atoms with Crippen molar-refractivity contribution in [2.24, 2.45) is 17.8 Å². The molecule has 2 bridgehead atoms. The number of nitrogens with zero attached hydrogens (tertiary/aromatic N) is 3. The van der Waals surface area contributed by atoms with Crippen LogP contribution < -0.4 is 10.2 Å². The zero-order valence-corrected chi connectivity index (χ0v) is 22.3. The average molecular weight is 534 g/mol. The van der Waals surface area contributed by atoms with Crippen LogP contribution in [0.4, 0.5) is 5.69 Å². The first-order chi connectivity index (χ1) is 17.2. The van der Waals surface area contributed by atoms with E-state index in [1.54, 1.807) is 11.5 Å². The summed E-state index contributed by atoms with van der Waals surface area (Å²) in [5.41, 5.74) is 2.78. The second-order valence-corrected chi connectivity index (χ2v) is 12.0. The number of aromatic hydroxyl groups is 2. The highest BCUT2D eigenvalue weighted by Crippen LogP contribution is 2.62. The Morgan fingerprint density at radius 1 is 1.00 bits per heavy atom. The van der Waals surface area contributed by atoms with Crippen LogP contribution in [0.1, 0.15) is 49.7 Å². The number of amides is 1. The first-order valence-corrected chi connectivity index (χ1v) is 13.8. The Bertz CT molecular complexity index is 1190. The van der Waals surface area contributed by atoms with Gasteiger partial charge in [-0.3, -0.25) is 14.3 Å². The molecule has 3 aliphatic carbocycles. The number of hydrogen-bond acceptors (Lipinski definition) is 5. The van der Waals surface area contributed by atoms with Crippen molar-refractivity contribution in [2.45, 2.75) is 51.1 Å². The summed E-state index contributed by atoms with van der Waals surface area (Å²) in [6, 6.07) is 5.81. The van der Waals surface area contributed by atoms with Crippen LogP contribution in [0.3, 0.4) is 0 Å². The van der Waals surface area contributed by atoms with Crippen LogP contribution in [-0.4, -0.2) is 64.4 Å². The number of rotatable bonds is 6. The lowest BCUT2D eigenvalue weighted by molar-refractivity contribution is -0.120. The summed E-state index contributed by atoms with van der Waals surface area (Å²) < 4.78 is 1.73. The minimum absolute atomic E-state index is 0.0234. The van der Waals surface area contributed by atoms with Crippen LogP contribution >= 0.6 is 23.2 Å². The topological polar surface area (TPSA) is 81.0 Å². The van der Waals surface area contributed by atoms with Gasteiger partial charge in [-0.05, 0) is 48.6 Å². The van der Waals surface area contributed by atoms with Crippen molar-refractivity contribution in [3.8, 4) is 11.8 Å². The first kappa shape index (κ1) is 24.3. The van der Waals surface area contributed by atoms with Gasteiger partial charge >= 0.3 is 0 Å². The monoisotopic (exact) mass is 532 g/mol. The van der Waals surface area contributed by atoms with E-state index in [-0.39, 0.29) is 41.5 Å². The Labute approximate surface area is 222 Å². The molecule has 36 heavy (non-hydrogen) atoms. The number of fused-ring (bicyclic) bond motifs is 5. The van der Waals surface area contributed by atoms with Crippen molar-refractivity contribution < 1.29 is 15.0 Å². The van der Waals surface area contributed by atoms with Crippen molar-refractivity contribution in [3.05, 3.63) is 39.4 Å². The van der Waals surface area contributed by atoms with Crippen LogP contribution in [0.2, 0.25) is 10.0 Å². The van der Waals surface area contributed by atoms with E-state index in [9.17, 15) is 15.0 Å². The highest BCUT2D eigenvalue weighted by molar-refractivity contribution is 6.43. The lowest BCUT2D eigenvalue weighted by Gasteiger charge is -2.36. The van der Waals surface area contributed by atoms with Gasteiger partial charge in [-0.25, -0.2) is 0 Å². The molecule has 6 atom stereocenters. The number of piperazine rings is 1. The summed E-state index contributed by atoms with van der Waals surface area (Å²) in [6.45, 7) is 9.15. The van der Waals surface area contributed by atoms with E-state index in [2.05, 4.69) is 22.0 Å². The van der Waals surface area contributed by atoms with Gasteiger partial charge in [0.2, 0.25) is 5.91 Å². The Balaban J connectivity index is 1.07. The molecule has 1 amide bonds. The minimum Gasteiger partial charge on any atom is -0.494 e. The number of anilines is 1. The molecule has 7 nitrogen and oxygen atoms in total. The van der Waals surface area contributed by atoms with Gasteiger partial charge in [-0.15, -0.1) is 0 Å². The first-order valence-electron chi connectivity index (χ1n) is 13.1. The van der Waals surface area contributed by atoms with Crippen LogP contribution in [0.25, 0.3) is 0 Å². The summed E-state index contributed by atoms with van der Waals surface area (Å²) in [5, 5.41) is 26.5. The third kappa shape index (κ3) is 3.95. The molecule has 1 aromatic heterocycles. The fraction of sp³-hybridized carbons (Fsp3) is 0.593. The van der Waals surface area contributed by atoms with Gasteiger partial charge in [0, 0.05) is 69.3 Å². The Hall–Kier alpha value is -2.09. The van der Waals surface area contributed by atoms with E-state index in [1.807, 2.05) is 18.2 Å². The molecule has 0 radical (unpaired) electrons. The number of carbonyl (C=O) groups excluding carboxylic acids is 1. The molecule has 1 aromatic carbocycles. The Morgan fingerprint density at radius 3 is 2.36 bits per heavy atom. The number of nitrogens with one attached hydrogen (secondary N) is 1. The molecule has 194 valence electrons. The third-order valence-electron chi connectivity index (χ3n) is 9.16.